The Bertz CT molecular complexity index is 276. The van der Waals surface area contributed by atoms with E-state index in [1.165, 1.54) is 0 Å². The molecule has 0 bridgehead atoms. The maximum atomic E-state index is 5.70. The lowest BCUT2D eigenvalue weighted by Gasteiger charge is -2.06. The molecule has 0 saturated heterocycles. The van der Waals surface area contributed by atoms with Crippen LogP contribution in [0.1, 0.15) is 13.8 Å². The van der Waals surface area contributed by atoms with Crippen LogP contribution in [0.25, 0.3) is 0 Å². The van der Waals surface area contributed by atoms with E-state index in [0.29, 0.717) is 16.0 Å². The number of nitrogen functional groups attached to an aromatic ring is 1. The monoisotopic (exact) mass is 202 g/mol. The lowest BCUT2D eigenvalue weighted by Crippen LogP contribution is -1.95. The number of pyridine rings is 1. The molecule has 0 aliphatic rings. The van der Waals surface area contributed by atoms with Gasteiger partial charge in [0.2, 0.25) is 0 Å². The van der Waals surface area contributed by atoms with Crippen LogP contribution >= 0.6 is 23.4 Å². The van der Waals surface area contributed by atoms with Crippen LogP contribution in [-0.4, -0.2) is 10.2 Å². The number of aromatic nitrogens is 1. The highest BCUT2D eigenvalue weighted by atomic mass is 35.5. The van der Waals surface area contributed by atoms with Gasteiger partial charge in [0.1, 0.15) is 5.03 Å². The summed E-state index contributed by atoms with van der Waals surface area (Å²) in [7, 11) is 0. The molecule has 0 saturated carbocycles. The molecule has 12 heavy (non-hydrogen) atoms. The molecule has 0 aromatic carbocycles. The first-order valence-corrected chi connectivity index (χ1v) is 4.93. The van der Waals surface area contributed by atoms with Crippen LogP contribution in [0.15, 0.2) is 17.3 Å². The summed E-state index contributed by atoms with van der Waals surface area (Å²) in [6.45, 7) is 4.20. The molecule has 0 aliphatic carbocycles. The third kappa shape index (κ3) is 2.57. The maximum Gasteiger partial charge on any atom is 0.119 e. The molecule has 1 aromatic heterocycles. The summed E-state index contributed by atoms with van der Waals surface area (Å²) in [5.41, 5.74) is 6.36. The smallest absolute Gasteiger partial charge is 0.119 e. The van der Waals surface area contributed by atoms with Crippen LogP contribution < -0.4 is 5.73 Å². The van der Waals surface area contributed by atoms with Gasteiger partial charge in [-0.15, -0.1) is 11.8 Å². The van der Waals surface area contributed by atoms with Gasteiger partial charge in [0.15, 0.2) is 0 Å². The van der Waals surface area contributed by atoms with Crippen molar-refractivity contribution >= 4 is 29.1 Å². The van der Waals surface area contributed by atoms with Gasteiger partial charge in [-0.25, -0.2) is 4.98 Å². The molecule has 2 nitrogen and oxygen atoms in total. The van der Waals surface area contributed by atoms with E-state index in [-0.39, 0.29) is 0 Å². The lowest BCUT2D eigenvalue weighted by atomic mass is 10.4. The molecule has 66 valence electrons. The van der Waals surface area contributed by atoms with Gasteiger partial charge >= 0.3 is 0 Å². The molecule has 1 heterocycles. The summed E-state index contributed by atoms with van der Waals surface area (Å²) in [5, 5.41) is 1.93. The maximum absolute atomic E-state index is 5.70. The van der Waals surface area contributed by atoms with E-state index >= 15 is 0 Å². The van der Waals surface area contributed by atoms with Crippen molar-refractivity contribution in [2.75, 3.05) is 5.73 Å². The standard InChI is InChI=1S/C8H11ClN2S/c1-5(2)12-8-7(10)3-6(9)4-11-8/h3-5H,10H2,1-2H3. The molecule has 1 rings (SSSR count). The van der Waals surface area contributed by atoms with Crippen molar-refractivity contribution in [3.8, 4) is 0 Å². The van der Waals surface area contributed by atoms with Gasteiger partial charge in [0.05, 0.1) is 10.7 Å². The molecule has 0 amide bonds. The van der Waals surface area contributed by atoms with Crippen molar-refractivity contribution in [2.24, 2.45) is 0 Å². The second kappa shape index (κ2) is 4.01. The first-order valence-electron chi connectivity index (χ1n) is 3.67. The zero-order valence-corrected chi connectivity index (χ0v) is 8.62. The fourth-order valence-electron chi connectivity index (χ4n) is 0.764. The van der Waals surface area contributed by atoms with Gasteiger partial charge in [-0.1, -0.05) is 25.4 Å². The molecule has 0 atom stereocenters. The highest BCUT2D eigenvalue weighted by Crippen LogP contribution is 2.27. The average Bonchev–Trinajstić information content (AvgIpc) is 1.94. The van der Waals surface area contributed by atoms with Gasteiger partial charge < -0.3 is 5.73 Å². The summed E-state index contributed by atoms with van der Waals surface area (Å²) in [6.07, 6.45) is 1.61. The van der Waals surface area contributed by atoms with E-state index in [4.69, 9.17) is 17.3 Å². The average molecular weight is 203 g/mol. The van der Waals surface area contributed by atoms with E-state index in [1.807, 2.05) is 0 Å². The second-order valence-corrected chi connectivity index (χ2v) is 4.72. The van der Waals surface area contributed by atoms with Crippen molar-refractivity contribution in [3.05, 3.63) is 17.3 Å². The van der Waals surface area contributed by atoms with Crippen LogP contribution in [0, 0.1) is 0 Å². The van der Waals surface area contributed by atoms with Crippen molar-refractivity contribution in [1.82, 2.24) is 4.98 Å². The lowest BCUT2D eigenvalue weighted by molar-refractivity contribution is 1.08. The first kappa shape index (κ1) is 9.68. The molecule has 1 aromatic rings. The number of hydrogen-bond acceptors (Lipinski definition) is 3. The summed E-state index contributed by atoms with van der Waals surface area (Å²) in [4.78, 5) is 4.12. The third-order valence-electron chi connectivity index (χ3n) is 1.19. The van der Waals surface area contributed by atoms with Crippen LogP contribution in [0.2, 0.25) is 5.02 Å². The Morgan fingerprint density at radius 2 is 2.25 bits per heavy atom. The first-order chi connectivity index (χ1) is 5.59. The summed E-state index contributed by atoms with van der Waals surface area (Å²) in [6, 6.07) is 1.72. The van der Waals surface area contributed by atoms with E-state index < -0.39 is 0 Å². The predicted molar refractivity (Wildman–Crippen MR) is 54.7 cm³/mol. The molecule has 0 radical (unpaired) electrons. The minimum absolute atomic E-state index is 0.487. The molecule has 0 unspecified atom stereocenters. The molecular formula is C8H11ClN2S. The SMILES string of the molecule is CC(C)Sc1ncc(Cl)cc1N. The molecule has 0 fully saturated rings. The number of hydrogen-bond donors (Lipinski definition) is 1. The van der Waals surface area contributed by atoms with E-state index in [1.54, 1.807) is 24.0 Å². The Hall–Kier alpha value is -0.410. The summed E-state index contributed by atoms with van der Waals surface area (Å²) in [5.74, 6) is 0. The minimum Gasteiger partial charge on any atom is -0.396 e. The Labute approximate surface area is 81.5 Å². The topological polar surface area (TPSA) is 38.9 Å². The number of nitrogens with zero attached hydrogens (tertiary/aromatic N) is 1. The van der Waals surface area contributed by atoms with Gasteiger partial charge in [-0.2, -0.15) is 0 Å². The normalized spacial score (nSPS) is 10.7. The number of nitrogens with two attached hydrogens (primary N) is 1. The highest BCUT2D eigenvalue weighted by Gasteiger charge is 2.04. The highest BCUT2D eigenvalue weighted by molar-refractivity contribution is 7.99. The van der Waals surface area contributed by atoms with Crippen molar-refractivity contribution < 1.29 is 0 Å². The van der Waals surface area contributed by atoms with Crippen LogP contribution in [0.4, 0.5) is 5.69 Å². The fraction of sp³-hybridized carbons (Fsp3) is 0.375. The minimum atomic E-state index is 0.487. The van der Waals surface area contributed by atoms with Crippen LogP contribution in [0.3, 0.4) is 0 Å². The van der Waals surface area contributed by atoms with E-state index in [0.717, 1.165) is 5.03 Å². The Morgan fingerprint density at radius 3 is 2.75 bits per heavy atom. The number of halogens is 1. The zero-order chi connectivity index (χ0) is 9.14. The quantitative estimate of drug-likeness (QED) is 0.750. The fourth-order valence-corrected chi connectivity index (χ4v) is 1.69. The molecule has 0 spiro atoms. The van der Waals surface area contributed by atoms with E-state index in [2.05, 4.69) is 18.8 Å². The Kier molecular flexibility index (Phi) is 3.23. The van der Waals surface area contributed by atoms with Crippen LogP contribution in [0.5, 0.6) is 0 Å². The number of thioether (sulfide) groups is 1. The van der Waals surface area contributed by atoms with Crippen molar-refractivity contribution in [1.29, 1.82) is 0 Å². The predicted octanol–water partition coefficient (Wildman–Crippen LogP) is 2.82. The van der Waals surface area contributed by atoms with Crippen molar-refractivity contribution in [3.63, 3.8) is 0 Å². The number of anilines is 1. The molecule has 2 N–H and O–H groups in total. The summed E-state index contributed by atoms with van der Waals surface area (Å²) < 4.78 is 0. The molecule has 0 aliphatic heterocycles. The Morgan fingerprint density at radius 1 is 1.58 bits per heavy atom. The Balaban J connectivity index is 2.86. The van der Waals surface area contributed by atoms with Gasteiger partial charge in [-0.05, 0) is 6.07 Å². The van der Waals surface area contributed by atoms with Gasteiger partial charge in [0.25, 0.3) is 0 Å². The van der Waals surface area contributed by atoms with Crippen molar-refractivity contribution in [2.45, 2.75) is 24.1 Å². The van der Waals surface area contributed by atoms with Gasteiger partial charge in [0, 0.05) is 11.4 Å². The molecular weight excluding hydrogens is 192 g/mol. The largest absolute Gasteiger partial charge is 0.396 e. The second-order valence-electron chi connectivity index (χ2n) is 2.71. The molecule has 4 heteroatoms. The van der Waals surface area contributed by atoms with E-state index in [9.17, 15) is 0 Å². The number of rotatable bonds is 2. The van der Waals surface area contributed by atoms with Gasteiger partial charge in [-0.3, -0.25) is 0 Å². The summed E-state index contributed by atoms with van der Waals surface area (Å²) >= 11 is 7.34. The third-order valence-corrected chi connectivity index (χ3v) is 2.44. The zero-order valence-electron chi connectivity index (χ0n) is 7.04. The van der Waals surface area contributed by atoms with Crippen LogP contribution in [-0.2, 0) is 0 Å².